The molecule has 0 saturated heterocycles. The highest BCUT2D eigenvalue weighted by Gasteiger charge is 2.26. The number of nitrogens with zero attached hydrogens (tertiary/aromatic N) is 2. The number of nitrogens with one attached hydrogen (secondary N) is 2. The van der Waals surface area contributed by atoms with E-state index in [1.54, 1.807) is 30.3 Å². The van der Waals surface area contributed by atoms with Crippen LogP contribution >= 0.6 is 11.7 Å². The number of amides is 1. The predicted octanol–water partition coefficient (Wildman–Crippen LogP) is 1.94. The summed E-state index contributed by atoms with van der Waals surface area (Å²) in [6, 6.07) is 10.1. The number of hydrogen-bond donors (Lipinski definition) is 2. The van der Waals surface area contributed by atoms with Gasteiger partial charge in [-0.3, -0.25) is 9.59 Å². The molecule has 1 heterocycles. The van der Waals surface area contributed by atoms with E-state index in [1.807, 2.05) is 6.92 Å². The Hall–Kier alpha value is -3.09. The molecule has 0 radical (unpaired) electrons. The van der Waals surface area contributed by atoms with Gasteiger partial charge in [0, 0.05) is 0 Å². The summed E-state index contributed by atoms with van der Waals surface area (Å²) in [5.74, 6) is -1.01. The van der Waals surface area contributed by atoms with Gasteiger partial charge in [0.1, 0.15) is 27.7 Å². The lowest BCUT2D eigenvalue weighted by Crippen LogP contribution is -2.40. The quantitative estimate of drug-likeness (QED) is 0.459. The zero-order valence-electron chi connectivity index (χ0n) is 16.7. The van der Waals surface area contributed by atoms with E-state index >= 15 is 0 Å². The maximum atomic E-state index is 12.7. The van der Waals surface area contributed by atoms with E-state index in [9.17, 15) is 18.0 Å². The van der Waals surface area contributed by atoms with Crippen molar-refractivity contribution in [2.45, 2.75) is 24.8 Å². The summed E-state index contributed by atoms with van der Waals surface area (Å²) in [5, 5.41) is 2.59. The first kappa shape index (κ1) is 22.6. The second-order valence-corrected chi connectivity index (χ2v) is 8.53. The molecule has 164 valence electrons. The highest BCUT2D eigenvalue weighted by molar-refractivity contribution is 7.89. The molecule has 0 fully saturated rings. The molecule has 2 N–H and O–H groups in total. The molecule has 0 saturated carbocycles. The van der Waals surface area contributed by atoms with Crippen molar-refractivity contribution in [3.05, 3.63) is 42.5 Å². The normalized spacial score (nSPS) is 12.3. The van der Waals surface area contributed by atoms with Crippen molar-refractivity contribution < 1.29 is 27.5 Å². The first-order valence-electron chi connectivity index (χ1n) is 9.23. The number of hydrogen-bond acceptors (Lipinski definition) is 9. The van der Waals surface area contributed by atoms with Crippen LogP contribution in [0.15, 0.2) is 47.4 Å². The topological polar surface area (TPSA) is 137 Å². The summed E-state index contributed by atoms with van der Waals surface area (Å²) >= 11 is 0.887. The SMILES string of the molecule is CCOc1ccccc1NC(=O)COC(=O)C(C)NS(=O)(=O)c1cccc2nsnc12. The fourth-order valence-corrected chi connectivity index (χ4v) is 4.60. The number of ether oxygens (including phenoxy) is 2. The number of sulfonamides is 1. The molecule has 0 bridgehead atoms. The standard InChI is InChI=1S/C19H20N4O6S2/c1-3-28-15-9-5-4-7-13(15)20-17(24)11-29-19(25)12(2)23-31(26,27)16-10-6-8-14-18(16)22-30-21-14/h4-10,12,23H,3,11H2,1-2H3,(H,20,24). The lowest BCUT2D eigenvalue weighted by Gasteiger charge is -2.14. The van der Waals surface area contributed by atoms with Crippen LogP contribution < -0.4 is 14.8 Å². The van der Waals surface area contributed by atoms with Crippen molar-refractivity contribution in [3.8, 4) is 5.75 Å². The van der Waals surface area contributed by atoms with Crippen LogP contribution in [0.2, 0.25) is 0 Å². The molecule has 31 heavy (non-hydrogen) atoms. The van der Waals surface area contributed by atoms with E-state index in [0.717, 1.165) is 11.7 Å². The minimum atomic E-state index is -4.06. The molecule has 10 nitrogen and oxygen atoms in total. The second-order valence-electron chi connectivity index (χ2n) is 6.32. The van der Waals surface area contributed by atoms with E-state index < -0.39 is 34.5 Å². The highest BCUT2D eigenvalue weighted by atomic mass is 32.2. The highest BCUT2D eigenvalue weighted by Crippen LogP contribution is 2.23. The zero-order chi connectivity index (χ0) is 22.4. The third-order valence-corrected chi connectivity index (χ3v) is 6.15. The first-order chi connectivity index (χ1) is 14.8. The average molecular weight is 465 g/mol. The number of aromatic nitrogens is 2. The Kier molecular flexibility index (Phi) is 7.15. The number of para-hydroxylation sites is 2. The summed E-state index contributed by atoms with van der Waals surface area (Å²) in [6.45, 7) is 2.97. The molecule has 0 aliphatic rings. The van der Waals surface area contributed by atoms with Crippen LogP contribution in [-0.4, -0.2) is 48.3 Å². The van der Waals surface area contributed by atoms with Crippen LogP contribution in [-0.2, 0) is 24.3 Å². The average Bonchev–Trinajstić information content (AvgIpc) is 3.22. The van der Waals surface area contributed by atoms with Crippen LogP contribution in [0.1, 0.15) is 13.8 Å². The van der Waals surface area contributed by atoms with Gasteiger partial charge in [-0.1, -0.05) is 18.2 Å². The fraction of sp³-hybridized carbons (Fsp3) is 0.263. The molecule has 1 aromatic heterocycles. The van der Waals surface area contributed by atoms with Gasteiger partial charge in [-0.05, 0) is 38.1 Å². The molecular weight excluding hydrogens is 444 g/mol. The van der Waals surface area contributed by atoms with Crippen molar-refractivity contribution in [1.29, 1.82) is 0 Å². The molecule has 0 aliphatic carbocycles. The van der Waals surface area contributed by atoms with Crippen LogP contribution in [0, 0.1) is 0 Å². The Morgan fingerprint density at radius 3 is 2.68 bits per heavy atom. The Balaban J connectivity index is 1.58. The summed E-state index contributed by atoms with van der Waals surface area (Å²) in [4.78, 5) is 24.2. The monoisotopic (exact) mass is 464 g/mol. The first-order valence-corrected chi connectivity index (χ1v) is 11.4. The molecule has 12 heteroatoms. The molecule has 1 unspecified atom stereocenters. The van der Waals surface area contributed by atoms with E-state index in [-0.39, 0.29) is 10.4 Å². The molecule has 1 atom stereocenters. The Morgan fingerprint density at radius 2 is 1.90 bits per heavy atom. The maximum absolute atomic E-state index is 12.7. The molecule has 0 spiro atoms. The van der Waals surface area contributed by atoms with E-state index in [2.05, 4.69) is 18.8 Å². The van der Waals surface area contributed by atoms with Crippen LogP contribution in [0.3, 0.4) is 0 Å². The maximum Gasteiger partial charge on any atom is 0.324 e. The van der Waals surface area contributed by atoms with Gasteiger partial charge in [0.2, 0.25) is 10.0 Å². The summed E-state index contributed by atoms with van der Waals surface area (Å²) in [5.41, 5.74) is 1.09. The molecule has 3 rings (SSSR count). The van der Waals surface area contributed by atoms with Crippen molar-refractivity contribution in [2.24, 2.45) is 0 Å². The smallest absolute Gasteiger partial charge is 0.324 e. The van der Waals surface area contributed by atoms with Gasteiger partial charge < -0.3 is 14.8 Å². The largest absolute Gasteiger partial charge is 0.492 e. The summed E-state index contributed by atoms with van der Waals surface area (Å²) < 4.78 is 45.9. The Labute approximate surface area is 182 Å². The number of rotatable bonds is 9. The summed E-state index contributed by atoms with van der Waals surface area (Å²) in [7, 11) is -4.06. The number of carbonyl (C=O) groups excluding carboxylic acids is 2. The molecule has 3 aromatic rings. The molecule has 2 aromatic carbocycles. The van der Waals surface area contributed by atoms with Crippen LogP contribution in [0.4, 0.5) is 5.69 Å². The van der Waals surface area contributed by atoms with Crippen molar-refractivity contribution >= 4 is 50.3 Å². The van der Waals surface area contributed by atoms with Crippen LogP contribution in [0.25, 0.3) is 11.0 Å². The molecular formula is C19H20N4O6S2. The Morgan fingerprint density at radius 1 is 1.13 bits per heavy atom. The van der Waals surface area contributed by atoms with Gasteiger partial charge >= 0.3 is 5.97 Å². The third-order valence-electron chi connectivity index (χ3n) is 4.03. The number of benzene rings is 2. The summed E-state index contributed by atoms with van der Waals surface area (Å²) in [6.07, 6.45) is 0. The molecule has 1 amide bonds. The Bertz CT molecular complexity index is 1190. The van der Waals surface area contributed by atoms with Gasteiger partial charge in [0.15, 0.2) is 6.61 Å². The fourth-order valence-electron chi connectivity index (χ4n) is 2.64. The van der Waals surface area contributed by atoms with Crippen molar-refractivity contribution in [2.75, 3.05) is 18.5 Å². The number of carbonyl (C=O) groups is 2. The third kappa shape index (κ3) is 5.54. The van der Waals surface area contributed by atoms with Gasteiger partial charge in [-0.25, -0.2) is 8.42 Å². The minimum Gasteiger partial charge on any atom is -0.492 e. The van der Waals surface area contributed by atoms with Crippen molar-refractivity contribution in [3.63, 3.8) is 0 Å². The van der Waals surface area contributed by atoms with E-state index in [0.29, 0.717) is 23.6 Å². The lowest BCUT2D eigenvalue weighted by atomic mass is 10.3. The van der Waals surface area contributed by atoms with E-state index in [4.69, 9.17) is 9.47 Å². The van der Waals surface area contributed by atoms with Crippen LogP contribution in [0.5, 0.6) is 5.75 Å². The zero-order valence-corrected chi connectivity index (χ0v) is 18.3. The van der Waals surface area contributed by atoms with Crippen molar-refractivity contribution in [1.82, 2.24) is 13.5 Å². The molecule has 0 aliphatic heterocycles. The minimum absolute atomic E-state index is 0.0938. The van der Waals surface area contributed by atoms with Gasteiger partial charge in [0.25, 0.3) is 5.91 Å². The number of anilines is 1. The van der Waals surface area contributed by atoms with Gasteiger partial charge in [-0.2, -0.15) is 13.5 Å². The second kappa shape index (κ2) is 9.81. The lowest BCUT2D eigenvalue weighted by molar-refractivity contribution is -0.148. The predicted molar refractivity (Wildman–Crippen MR) is 114 cm³/mol. The number of esters is 1. The van der Waals surface area contributed by atoms with E-state index in [1.165, 1.54) is 19.1 Å². The number of fused-ring (bicyclic) bond motifs is 1. The van der Waals surface area contributed by atoms with Gasteiger partial charge in [0.05, 0.1) is 24.0 Å². The van der Waals surface area contributed by atoms with Gasteiger partial charge in [-0.15, -0.1) is 0 Å².